The van der Waals surface area contributed by atoms with Crippen LogP contribution in [0.5, 0.6) is 5.75 Å². The first-order chi connectivity index (χ1) is 13.4. The summed E-state index contributed by atoms with van der Waals surface area (Å²) in [4.78, 5) is 12.0. The molecule has 1 fully saturated rings. The van der Waals surface area contributed by atoms with Crippen molar-refractivity contribution in [1.29, 1.82) is 0 Å². The second kappa shape index (κ2) is 8.70. The fraction of sp³-hybridized carbons (Fsp3) is 0.350. The third-order valence-electron chi connectivity index (χ3n) is 4.54. The summed E-state index contributed by atoms with van der Waals surface area (Å²) in [7, 11) is -3.94. The molecule has 0 saturated carbocycles. The molecule has 3 rings (SSSR count). The van der Waals surface area contributed by atoms with Crippen LogP contribution >= 0.6 is 0 Å². The van der Waals surface area contributed by atoms with Gasteiger partial charge in [0.05, 0.1) is 6.61 Å². The van der Waals surface area contributed by atoms with E-state index in [-0.39, 0.29) is 12.1 Å². The van der Waals surface area contributed by atoms with Crippen molar-refractivity contribution in [3.63, 3.8) is 0 Å². The van der Waals surface area contributed by atoms with Gasteiger partial charge in [0.2, 0.25) is 10.0 Å². The zero-order chi connectivity index (χ0) is 20.1. The molecule has 0 radical (unpaired) electrons. The molecular formula is C20H23FN2O4S. The molecule has 1 aliphatic heterocycles. The van der Waals surface area contributed by atoms with E-state index in [1.54, 1.807) is 0 Å². The summed E-state index contributed by atoms with van der Waals surface area (Å²) in [6.07, 6.45) is 1.50. The lowest BCUT2D eigenvalue weighted by molar-refractivity contribution is 0.0950. The minimum Gasteiger partial charge on any atom is -0.494 e. The highest BCUT2D eigenvalue weighted by molar-refractivity contribution is 7.89. The molecule has 0 spiro atoms. The summed E-state index contributed by atoms with van der Waals surface area (Å²) < 4.78 is 46.2. The Balaban J connectivity index is 1.75. The van der Waals surface area contributed by atoms with Crippen molar-refractivity contribution in [1.82, 2.24) is 9.62 Å². The second-order valence-electron chi connectivity index (χ2n) is 6.52. The van der Waals surface area contributed by atoms with Crippen molar-refractivity contribution in [2.45, 2.75) is 31.2 Å². The van der Waals surface area contributed by atoms with E-state index in [4.69, 9.17) is 4.74 Å². The molecule has 1 N–H and O–H groups in total. The highest BCUT2D eigenvalue weighted by atomic mass is 32.2. The van der Waals surface area contributed by atoms with Crippen LogP contribution in [-0.2, 0) is 16.6 Å². The van der Waals surface area contributed by atoms with E-state index in [0.717, 1.165) is 30.5 Å². The molecule has 0 atom stereocenters. The van der Waals surface area contributed by atoms with Gasteiger partial charge in [0.1, 0.15) is 16.5 Å². The van der Waals surface area contributed by atoms with Gasteiger partial charge in [-0.05, 0) is 55.7 Å². The van der Waals surface area contributed by atoms with Crippen LogP contribution in [0.2, 0.25) is 0 Å². The Kier molecular flexibility index (Phi) is 6.31. The van der Waals surface area contributed by atoms with Crippen molar-refractivity contribution in [2.24, 2.45) is 0 Å². The van der Waals surface area contributed by atoms with Crippen molar-refractivity contribution >= 4 is 15.9 Å². The maximum atomic E-state index is 14.2. The van der Waals surface area contributed by atoms with Crippen molar-refractivity contribution in [3.05, 3.63) is 59.4 Å². The van der Waals surface area contributed by atoms with Crippen LogP contribution in [0.3, 0.4) is 0 Å². The minimum atomic E-state index is -3.94. The number of rotatable bonds is 7. The Hall–Kier alpha value is -2.45. The Morgan fingerprint density at radius 1 is 1.18 bits per heavy atom. The van der Waals surface area contributed by atoms with Crippen LogP contribution < -0.4 is 10.1 Å². The average molecular weight is 406 g/mol. The van der Waals surface area contributed by atoms with Gasteiger partial charge in [-0.2, -0.15) is 4.31 Å². The molecule has 1 heterocycles. The van der Waals surface area contributed by atoms with Gasteiger partial charge in [-0.1, -0.05) is 12.1 Å². The number of hydrogen-bond acceptors (Lipinski definition) is 4. The van der Waals surface area contributed by atoms with E-state index in [2.05, 4.69) is 5.32 Å². The van der Waals surface area contributed by atoms with Gasteiger partial charge in [-0.15, -0.1) is 0 Å². The molecule has 1 saturated heterocycles. The van der Waals surface area contributed by atoms with Crippen LogP contribution in [0.15, 0.2) is 47.4 Å². The number of carbonyl (C=O) groups excluding carboxylic acids is 1. The van der Waals surface area contributed by atoms with Gasteiger partial charge in [0.25, 0.3) is 5.91 Å². The maximum Gasteiger partial charge on any atom is 0.251 e. The summed E-state index contributed by atoms with van der Waals surface area (Å²) in [6.45, 7) is 3.41. The van der Waals surface area contributed by atoms with Gasteiger partial charge in [0, 0.05) is 25.2 Å². The Morgan fingerprint density at radius 2 is 1.93 bits per heavy atom. The number of ether oxygens (including phenoxy) is 1. The molecule has 2 aromatic carbocycles. The lowest BCUT2D eigenvalue weighted by Crippen LogP contribution is -2.29. The standard InChI is InChI=1S/C20H23FN2O4S/c1-2-27-17-7-5-6-15(12-17)14-22-20(24)16-8-9-18(21)19(13-16)28(25,26)23-10-3-4-11-23/h5-9,12-13H,2-4,10-11,14H2,1H3,(H,22,24). The van der Waals surface area contributed by atoms with E-state index in [1.165, 1.54) is 10.4 Å². The normalized spacial score (nSPS) is 14.8. The number of benzene rings is 2. The first kappa shape index (κ1) is 20.3. The molecule has 0 aromatic heterocycles. The summed E-state index contributed by atoms with van der Waals surface area (Å²) in [5.74, 6) is -0.623. The number of carbonyl (C=O) groups is 1. The minimum absolute atomic E-state index is 0.0973. The van der Waals surface area contributed by atoms with Crippen molar-refractivity contribution in [2.75, 3.05) is 19.7 Å². The SMILES string of the molecule is CCOc1cccc(CNC(=O)c2ccc(F)c(S(=O)(=O)N3CCCC3)c2)c1. The highest BCUT2D eigenvalue weighted by Crippen LogP contribution is 2.24. The molecule has 1 aliphatic rings. The van der Waals surface area contributed by atoms with Gasteiger partial charge < -0.3 is 10.1 Å². The highest BCUT2D eigenvalue weighted by Gasteiger charge is 2.30. The monoisotopic (exact) mass is 406 g/mol. The van der Waals surface area contributed by atoms with Gasteiger partial charge in [-0.3, -0.25) is 4.79 Å². The topological polar surface area (TPSA) is 75.7 Å². The van der Waals surface area contributed by atoms with E-state index in [1.807, 2.05) is 31.2 Å². The first-order valence-electron chi connectivity index (χ1n) is 9.21. The predicted octanol–water partition coefficient (Wildman–Crippen LogP) is 2.94. The van der Waals surface area contributed by atoms with E-state index in [9.17, 15) is 17.6 Å². The van der Waals surface area contributed by atoms with Crippen molar-refractivity contribution in [3.8, 4) is 5.75 Å². The molecule has 0 unspecified atom stereocenters. The van der Waals surface area contributed by atoms with E-state index >= 15 is 0 Å². The average Bonchev–Trinajstić information content (AvgIpc) is 3.23. The second-order valence-corrected chi connectivity index (χ2v) is 8.43. The quantitative estimate of drug-likeness (QED) is 0.767. The molecule has 8 heteroatoms. The fourth-order valence-corrected chi connectivity index (χ4v) is 4.71. The largest absolute Gasteiger partial charge is 0.494 e. The van der Waals surface area contributed by atoms with E-state index in [0.29, 0.717) is 25.4 Å². The third-order valence-corrected chi connectivity index (χ3v) is 6.45. The number of sulfonamides is 1. The zero-order valence-electron chi connectivity index (χ0n) is 15.7. The summed E-state index contributed by atoms with van der Waals surface area (Å²) in [5.41, 5.74) is 0.937. The molecule has 0 aliphatic carbocycles. The molecule has 2 aromatic rings. The van der Waals surface area contributed by atoms with Crippen LogP contribution in [-0.4, -0.2) is 38.3 Å². The van der Waals surface area contributed by atoms with E-state index < -0.39 is 26.6 Å². The molecule has 28 heavy (non-hydrogen) atoms. The van der Waals surface area contributed by atoms with Gasteiger partial charge >= 0.3 is 0 Å². The van der Waals surface area contributed by atoms with Crippen LogP contribution in [0.25, 0.3) is 0 Å². The smallest absolute Gasteiger partial charge is 0.251 e. The first-order valence-corrected chi connectivity index (χ1v) is 10.7. The maximum absolute atomic E-state index is 14.2. The van der Waals surface area contributed by atoms with Gasteiger partial charge in [0.15, 0.2) is 0 Å². The van der Waals surface area contributed by atoms with Gasteiger partial charge in [-0.25, -0.2) is 12.8 Å². The van der Waals surface area contributed by atoms with Crippen LogP contribution in [0, 0.1) is 5.82 Å². The number of hydrogen-bond donors (Lipinski definition) is 1. The summed E-state index contributed by atoms with van der Waals surface area (Å²) in [5, 5.41) is 2.73. The summed E-state index contributed by atoms with van der Waals surface area (Å²) >= 11 is 0. The third kappa shape index (κ3) is 4.51. The fourth-order valence-electron chi connectivity index (χ4n) is 3.11. The summed E-state index contributed by atoms with van der Waals surface area (Å²) in [6, 6.07) is 10.7. The lowest BCUT2D eigenvalue weighted by atomic mass is 10.2. The Bertz CT molecular complexity index is 956. The number of amides is 1. The Morgan fingerprint density at radius 3 is 2.64 bits per heavy atom. The molecule has 150 valence electrons. The lowest BCUT2D eigenvalue weighted by Gasteiger charge is -2.16. The molecule has 6 nitrogen and oxygen atoms in total. The Labute approximate surface area is 164 Å². The van der Waals surface area contributed by atoms with Crippen LogP contribution in [0.4, 0.5) is 4.39 Å². The number of nitrogens with one attached hydrogen (secondary N) is 1. The molecular weight excluding hydrogens is 383 g/mol. The molecule has 0 bridgehead atoms. The van der Waals surface area contributed by atoms with Crippen LogP contribution in [0.1, 0.15) is 35.7 Å². The van der Waals surface area contributed by atoms with Crippen molar-refractivity contribution < 1.29 is 22.3 Å². The number of nitrogens with zero attached hydrogens (tertiary/aromatic N) is 1. The molecule has 1 amide bonds. The number of halogens is 1. The zero-order valence-corrected chi connectivity index (χ0v) is 16.5. The predicted molar refractivity (Wildman–Crippen MR) is 103 cm³/mol.